The number of rotatable bonds is 5. The Morgan fingerprint density at radius 1 is 0.972 bits per heavy atom. The van der Waals surface area contributed by atoms with Crippen LogP contribution >= 0.6 is 0 Å². The topological polar surface area (TPSA) is 75.7 Å². The van der Waals surface area contributed by atoms with Crippen LogP contribution in [0, 0.1) is 0 Å². The van der Waals surface area contributed by atoms with E-state index in [1.165, 1.54) is 36.3 Å². The number of hydrogen-bond donors (Lipinski definition) is 1. The van der Waals surface area contributed by atoms with Crippen LogP contribution in [-0.2, 0) is 20.2 Å². The van der Waals surface area contributed by atoms with Gasteiger partial charge in [-0.1, -0.05) is 60.7 Å². The summed E-state index contributed by atoms with van der Waals surface area (Å²) >= 11 is 0. The second-order valence-corrected chi connectivity index (χ2v) is 8.99. The maximum atomic E-state index is 14.8. The first-order chi connectivity index (χ1) is 17.3. The lowest BCUT2D eigenvalue weighted by atomic mass is 9.96. The average Bonchev–Trinajstić information content (AvgIpc) is 3.45. The average molecular weight is 491 g/mol. The van der Waals surface area contributed by atoms with E-state index in [1.54, 1.807) is 18.2 Å². The molecule has 1 N–H and O–H groups in total. The van der Waals surface area contributed by atoms with Gasteiger partial charge in [0.15, 0.2) is 0 Å². The molecule has 0 unspecified atom stereocenters. The number of carbonyl (C=O) groups is 3. The molecule has 1 saturated heterocycles. The fourth-order valence-electron chi connectivity index (χ4n) is 5.12. The SMILES string of the molecule is COC(=O)[C@@H]1C[C@@H](c2ccccc2)CN1C(=O)CNC(=O)c1ccc2c(c1)-c1ccccc1C2(F)F. The van der Waals surface area contributed by atoms with Gasteiger partial charge in [0.1, 0.15) is 6.04 Å². The summed E-state index contributed by atoms with van der Waals surface area (Å²) in [6, 6.07) is 19.1. The molecule has 2 atom stereocenters. The molecule has 36 heavy (non-hydrogen) atoms. The Kier molecular flexibility index (Phi) is 6.04. The van der Waals surface area contributed by atoms with Gasteiger partial charge in [-0.25, -0.2) is 4.79 Å². The molecule has 1 fully saturated rings. The molecule has 3 aromatic rings. The van der Waals surface area contributed by atoms with Crippen molar-refractivity contribution in [2.45, 2.75) is 24.3 Å². The van der Waals surface area contributed by atoms with Gasteiger partial charge in [0.05, 0.1) is 13.7 Å². The normalized spacial score (nSPS) is 19.4. The number of carbonyl (C=O) groups excluding carboxylic acids is 3. The van der Waals surface area contributed by atoms with Gasteiger partial charge in [0, 0.05) is 29.2 Å². The van der Waals surface area contributed by atoms with Gasteiger partial charge in [0.2, 0.25) is 5.91 Å². The smallest absolute Gasteiger partial charge is 0.328 e. The molecule has 3 aromatic carbocycles. The number of methoxy groups -OCH3 is 1. The third-order valence-corrected chi connectivity index (χ3v) is 6.94. The predicted octanol–water partition coefficient (Wildman–Crippen LogP) is 4.09. The number of ether oxygens (including phenoxy) is 1. The molecule has 0 bridgehead atoms. The van der Waals surface area contributed by atoms with Crippen LogP contribution in [0.1, 0.15) is 39.4 Å². The van der Waals surface area contributed by atoms with Crippen molar-refractivity contribution in [3.63, 3.8) is 0 Å². The number of fused-ring (bicyclic) bond motifs is 3. The van der Waals surface area contributed by atoms with Crippen molar-refractivity contribution in [2.75, 3.05) is 20.2 Å². The van der Waals surface area contributed by atoms with Gasteiger partial charge in [-0.2, -0.15) is 8.78 Å². The van der Waals surface area contributed by atoms with E-state index >= 15 is 0 Å². The van der Waals surface area contributed by atoms with Crippen LogP contribution in [0.4, 0.5) is 8.78 Å². The van der Waals surface area contributed by atoms with E-state index in [0.29, 0.717) is 24.1 Å². The molecular formula is C28H24F2N2O4. The summed E-state index contributed by atoms with van der Waals surface area (Å²) in [7, 11) is 1.28. The van der Waals surface area contributed by atoms with Gasteiger partial charge >= 0.3 is 5.97 Å². The Morgan fingerprint density at radius 2 is 1.67 bits per heavy atom. The molecule has 1 heterocycles. The Bertz CT molecular complexity index is 1340. The van der Waals surface area contributed by atoms with Gasteiger partial charge in [-0.3, -0.25) is 9.59 Å². The number of nitrogens with zero attached hydrogens (tertiary/aromatic N) is 1. The Morgan fingerprint density at radius 3 is 2.42 bits per heavy atom. The van der Waals surface area contributed by atoms with Crippen molar-refractivity contribution >= 4 is 17.8 Å². The highest BCUT2D eigenvalue weighted by Crippen LogP contribution is 2.50. The summed E-state index contributed by atoms with van der Waals surface area (Å²) in [6.45, 7) is -0.0130. The second-order valence-electron chi connectivity index (χ2n) is 8.99. The lowest BCUT2D eigenvalue weighted by Gasteiger charge is -2.23. The highest BCUT2D eigenvalue weighted by Gasteiger charge is 2.44. The lowest BCUT2D eigenvalue weighted by molar-refractivity contribution is -0.150. The monoisotopic (exact) mass is 490 g/mol. The largest absolute Gasteiger partial charge is 0.467 e. The van der Waals surface area contributed by atoms with Crippen LogP contribution in [0.2, 0.25) is 0 Å². The molecular weight excluding hydrogens is 466 g/mol. The number of likely N-dealkylation sites (tertiary alicyclic amines) is 1. The second kappa shape index (κ2) is 9.18. The molecule has 1 aliphatic heterocycles. The minimum absolute atomic E-state index is 0.0339. The van der Waals surface area contributed by atoms with E-state index in [1.807, 2.05) is 30.3 Å². The van der Waals surface area contributed by atoms with E-state index in [2.05, 4.69) is 5.32 Å². The number of benzene rings is 3. The van der Waals surface area contributed by atoms with Crippen molar-refractivity contribution in [1.29, 1.82) is 0 Å². The Labute approximate surface area is 206 Å². The summed E-state index contributed by atoms with van der Waals surface area (Å²) in [5.41, 5.74) is 1.62. The number of alkyl halides is 2. The van der Waals surface area contributed by atoms with Crippen molar-refractivity contribution in [3.05, 3.63) is 95.1 Å². The summed E-state index contributed by atoms with van der Waals surface area (Å²) in [5, 5.41) is 2.57. The summed E-state index contributed by atoms with van der Waals surface area (Å²) < 4.78 is 34.5. The maximum absolute atomic E-state index is 14.8. The van der Waals surface area contributed by atoms with Gasteiger partial charge in [0.25, 0.3) is 11.8 Å². The van der Waals surface area contributed by atoms with Crippen LogP contribution in [-0.4, -0.2) is 48.9 Å². The standard InChI is InChI=1S/C28H24F2N2O4/c1-36-27(35)24-14-19(17-7-3-2-4-8-17)16-32(24)25(33)15-31-26(34)18-11-12-23-21(13-18)20-9-5-6-10-22(20)28(23,29)30/h2-13,19,24H,14-16H2,1H3,(H,31,34)/t19-,24+/m1/s1. The zero-order valence-corrected chi connectivity index (χ0v) is 19.5. The van der Waals surface area contributed by atoms with E-state index in [-0.39, 0.29) is 29.2 Å². The summed E-state index contributed by atoms with van der Waals surface area (Å²) in [5.74, 6) is -4.66. The molecule has 0 saturated carbocycles. The number of amides is 2. The zero-order chi connectivity index (χ0) is 25.4. The molecule has 1 aliphatic carbocycles. The van der Waals surface area contributed by atoms with Gasteiger partial charge < -0.3 is 15.0 Å². The predicted molar refractivity (Wildman–Crippen MR) is 129 cm³/mol. The molecule has 8 heteroatoms. The molecule has 2 amide bonds. The first kappa shape index (κ1) is 23.7. The zero-order valence-electron chi connectivity index (χ0n) is 19.5. The van der Waals surface area contributed by atoms with Crippen LogP contribution < -0.4 is 5.32 Å². The Hall–Kier alpha value is -4.07. The van der Waals surface area contributed by atoms with Crippen molar-refractivity contribution in [3.8, 4) is 11.1 Å². The molecule has 6 nitrogen and oxygen atoms in total. The highest BCUT2D eigenvalue weighted by molar-refractivity contribution is 5.99. The lowest BCUT2D eigenvalue weighted by Crippen LogP contribution is -2.46. The minimum atomic E-state index is -3.13. The molecule has 5 rings (SSSR count). The van der Waals surface area contributed by atoms with E-state index in [4.69, 9.17) is 4.74 Å². The fraction of sp³-hybridized carbons (Fsp3) is 0.250. The number of esters is 1. The number of halogens is 2. The molecule has 2 aliphatic rings. The summed E-state index contributed by atoms with van der Waals surface area (Å²) in [6.07, 6.45) is 0.425. The van der Waals surface area contributed by atoms with Crippen molar-refractivity contribution < 1.29 is 27.9 Å². The van der Waals surface area contributed by atoms with Crippen molar-refractivity contribution in [2.24, 2.45) is 0 Å². The number of hydrogen-bond acceptors (Lipinski definition) is 4. The quantitative estimate of drug-likeness (QED) is 0.547. The van der Waals surface area contributed by atoms with Gasteiger partial charge in [-0.05, 0) is 35.2 Å². The molecule has 0 radical (unpaired) electrons. The summed E-state index contributed by atoms with van der Waals surface area (Å²) in [4.78, 5) is 39.7. The third kappa shape index (κ3) is 4.02. The van der Waals surface area contributed by atoms with Crippen LogP contribution in [0.15, 0.2) is 72.8 Å². The first-order valence-corrected chi connectivity index (χ1v) is 11.6. The first-order valence-electron chi connectivity index (χ1n) is 11.6. The van der Waals surface area contributed by atoms with E-state index < -0.39 is 29.7 Å². The van der Waals surface area contributed by atoms with E-state index in [0.717, 1.165) is 5.56 Å². The van der Waals surface area contributed by atoms with Crippen LogP contribution in [0.3, 0.4) is 0 Å². The highest BCUT2D eigenvalue weighted by atomic mass is 19.3. The van der Waals surface area contributed by atoms with Crippen molar-refractivity contribution in [1.82, 2.24) is 10.2 Å². The Balaban J connectivity index is 1.30. The molecule has 0 spiro atoms. The molecule has 184 valence electrons. The fourth-order valence-corrected chi connectivity index (χ4v) is 5.12. The van der Waals surface area contributed by atoms with Crippen LogP contribution in [0.5, 0.6) is 0 Å². The maximum Gasteiger partial charge on any atom is 0.328 e. The number of nitrogens with one attached hydrogen (secondary N) is 1. The van der Waals surface area contributed by atoms with Gasteiger partial charge in [-0.15, -0.1) is 0 Å². The van der Waals surface area contributed by atoms with E-state index in [9.17, 15) is 23.2 Å². The minimum Gasteiger partial charge on any atom is -0.467 e. The molecule has 0 aromatic heterocycles. The van der Waals surface area contributed by atoms with Crippen LogP contribution in [0.25, 0.3) is 11.1 Å². The third-order valence-electron chi connectivity index (χ3n) is 6.94.